The quantitative estimate of drug-likeness (QED) is 0.469. The molecule has 0 unspecified atom stereocenters. The lowest BCUT2D eigenvalue weighted by atomic mass is 10.2. The lowest BCUT2D eigenvalue weighted by Gasteiger charge is -2.06. The number of carbonyl (C=O) groups is 1. The third kappa shape index (κ3) is 2.79. The first-order chi connectivity index (χ1) is 9.09. The molecule has 0 spiro atoms. The molecule has 1 aromatic carbocycles. The summed E-state index contributed by atoms with van der Waals surface area (Å²) in [7, 11) is 0. The normalized spacial score (nSPS) is 10.2. The van der Waals surface area contributed by atoms with Gasteiger partial charge in [0.15, 0.2) is 18.1 Å². The number of rotatable bonds is 5. The summed E-state index contributed by atoms with van der Waals surface area (Å²) >= 11 is 0. The van der Waals surface area contributed by atoms with Crippen LogP contribution in [-0.2, 0) is 0 Å². The zero-order chi connectivity index (χ0) is 13.8. The van der Waals surface area contributed by atoms with E-state index in [-0.39, 0.29) is 29.6 Å². The summed E-state index contributed by atoms with van der Waals surface area (Å²) in [5.74, 6) is -0.138. The van der Waals surface area contributed by atoms with Gasteiger partial charge in [0.25, 0.3) is 0 Å². The van der Waals surface area contributed by atoms with E-state index < -0.39 is 4.92 Å². The molecule has 0 atom stereocenters. The number of nitro groups is 1. The van der Waals surface area contributed by atoms with Crippen LogP contribution in [0.3, 0.4) is 0 Å². The number of hydrogen-bond donors (Lipinski definition) is 0. The van der Waals surface area contributed by atoms with Gasteiger partial charge in [0.05, 0.1) is 11.2 Å². The topological polar surface area (TPSA) is 82.6 Å². The van der Waals surface area contributed by atoms with Crippen molar-refractivity contribution in [1.82, 2.24) is 0 Å². The monoisotopic (exact) mass is 261 g/mol. The molecular formula is C13H11NO5. The van der Waals surface area contributed by atoms with Crippen molar-refractivity contribution >= 4 is 11.5 Å². The van der Waals surface area contributed by atoms with Crippen LogP contribution in [0.15, 0.2) is 41.0 Å². The Hall–Kier alpha value is -2.63. The third-order valence-corrected chi connectivity index (χ3v) is 2.54. The number of aryl methyl sites for hydroxylation is 1. The highest BCUT2D eigenvalue weighted by atomic mass is 16.6. The molecule has 0 bridgehead atoms. The maximum atomic E-state index is 11.7. The van der Waals surface area contributed by atoms with E-state index in [1.807, 2.05) is 0 Å². The van der Waals surface area contributed by atoms with Gasteiger partial charge in [-0.15, -0.1) is 0 Å². The Bertz CT molecular complexity index is 604. The molecule has 98 valence electrons. The Labute approximate surface area is 108 Å². The van der Waals surface area contributed by atoms with Crippen LogP contribution in [0.5, 0.6) is 5.75 Å². The molecule has 0 saturated carbocycles. The van der Waals surface area contributed by atoms with Crippen LogP contribution in [0.4, 0.5) is 5.69 Å². The number of benzene rings is 1. The number of nitro benzene ring substituents is 1. The predicted molar refractivity (Wildman–Crippen MR) is 66.4 cm³/mol. The van der Waals surface area contributed by atoms with Crippen LogP contribution in [-0.4, -0.2) is 17.3 Å². The standard InChI is InChI=1S/C13H11NO5/c1-9-4-2-5-12(13(9)14(16)17)19-8-10(15)11-6-3-7-18-11/h2-7H,8H2,1H3. The smallest absolute Gasteiger partial charge is 0.313 e. The number of Topliss-reactive ketones (excluding diaryl/α,β-unsaturated/α-hetero) is 1. The van der Waals surface area contributed by atoms with E-state index in [2.05, 4.69) is 0 Å². The SMILES string of the molecule is Cc1cccc(OCC(=O)c2ccco2)c1[N+](=O)[O-]. The van der Waals surface area contributed by atoms with Gasteiger partial charge in [-0.3, -0.25) is 14.9 Å². The number of ketones is 1. The number of carbonyl (C=O) groups excluding carboxylic acids is 1. The molecule has 2 aromatic rings. The van der Waals surface area contributed by atoms with Crippen molar-refractivity contribution in [2.45, 2.75) is 6.92 Å². The molecule has 2 rings (SSSR count). The first kappa shape index (κ1) is 12.8. The maximum Gasteiger partial charge on any atom is 0.313 e. The molecule has 0 aliphatic rings. The fraction of sp³-hybridized carbons (Fsp3) is 0.154. The number of furan rings is 1. The molecule has 19 heavy (non-hydrogen) atoms. The number of para-hydroxylation sites is 1. The van der Waals surface area contributed by atoms with Gasteiger partial charge < -0.3 is 9.15 Å². The molecule has 0 aliphatic carbocycles. The van der Waals surface area contributed by atoms with Gasteiger partial charge in [-0.05, 0) is 25.1 Å². The summed E-state index contributed by atoms with van der Waals surface area (Å²) < 4.78 is 10.1. The highest BCUT2D eigenvalue weighted by Gasteiger charge is 2.19. The second-order valence-corrected chi connectivity index (χ2v) is 3.87. The summed E-state index contributed by atoms with van der Waals surface area (Å²) in [6, 6.07) is 7.80. The van der Waals surface area contributed by atoms with E-state index >= 15 is 0 Å². The lowest BCUT2D eigenvalue weighted by Crippen LogP contribution is -2.11. The van der Waals surface area contributed by atoms with E-state index in [9.17, 15) is 14.9 Å². The van der Waals surface area contributed by atoms with Crippen LogP contribution in [0.25, 0.3) is 0 Å². The van der Waals surface area contributed by atoms with Crippen molar-refractivity contribution in [3.05, 3.63) is 58.0 Å². The number of nitrogens with zero attached hydrogens (tertiary/aromatic N) is 1. The molecule has 6 heteroatoms. The fourth-order valence-electron chi connectivity index (χ4n) is 1.63. The van der Waals surface area contributed by atoms with Gasteiger partial charge >= 0.3 is 5.69 Å². The molecule has 0 amide bonds. The minimum Gasteiger partial charge on any atom is -0.478 e. The van der Waals surface area contributed by atoms with Gasteiger partial charge in [-0.1, -0.05) is 12.1 Å². The molecule has 0 aliphatic heterocycles. The minimum atomic E-state index is -0.526. The van der Waals surface area contributed by atoms with Crippen LogP contribution in [0.2, 0.25) is 0 Å². The molecule has 1 heterocycles. The molecule has 0 fully saturated rings. The number of hydrogen-bond acceptors (Lipinski definition) is 5. The van der Waals surface area contributed by atoms with E-state index in [4.69, 9.17) is 9.15 Å². The van der Waals surface area contributed by atoms with E-state index in [1.54, 1.807) is 25.1 Å². The first-order valence-corrected chi connectivity index (χ1v) is 5.53. The van der Waals surface area contributed by atoms with Crippen molar-refractivity contribution in [2.24, 2.45) is 0 Å². The third-order valence-electron chi connectivity index (χ3n) is 2.54. The van der Waals surface area contributed by atoms with Gasteiger partial charge in [0, 0.05) is 5.56 Å². The van der Waals surface area contributed by atoms with Crippen molar-refractivity contribution in [3.8, 4) is 5.75 Å². The first-order valence-electron chi connectivity index (χ1n) is 5.53. The van der Waals surface area contributed by atoms with Crippen LogP contribution < -0.4 is 4.74 Å². The van der Waals surface area contributed by atoms with Crippen molar-refractivity contribution in [3.63, 3.8) is 0 Å². The summed E-state index contributed by atoms with van der Waals surface area (Å²) in [5, 5.41) is 10.9. The second kappa shape index (κ2) is 5.34. The molecule has 0 radical (unpaired) electrons. The average molecular weight is 261 g/mol. The van der Waals surface area contributed by atoms with Crippen molar-refractivity contribution in [1.29, 1.82) is 0 Å². The van der Waals surface area contributed by atoms with Crippen LogP contribution in [0.1, 0.15) is 16.1 Å². The van der Waals surface area contributed by atoms with Gasteiger partial charge in [0.2, 0.25) is 5.78 Å². The van der Waals surface area contributed by atoms with Crippen molar-refractivity contribution in [2.75, 3.05) is 6.61 Å². The lowest BCUT2D eigenvalue weighted by molar-refractivity contribution is -0.386. The van der Waals surface area contributed by atoms with Crippen LogP contribution in [0, 0.1) is 17.0 Å². The molecule has 0 saturated heterocycles. The molecule has 1 aromatic heterocycles. The zero-order valence-electron chi connectivity index (χ0n) is 10.2. The van der Waals surface area contributed by atoms with Gasteiger partial charge in [-0.2, -0.15) is 0 Å². The van der Waals surface area contributed by atoms with Crippen LogP contribution >= 0.6 is 0 Å². The Kier molecular flexibility index (Phi) is 3.61. The molecule has 0 N–H and O–H groups in total. The zero-order valence-corrected chi connectivity index (χ0v) is 10.2. The van der Waals surface area contributed by atoms with Crippen molar-refractivity contribution < 1.29 is 18.9 Å². The van der Waals surface area contributed by atoms with E-state index in [1.165, 1.54) is 18.4 Å². The Morgan fingerprint density at radius 1 is 1.37 bits per heavy atom. The largest absolute Gasteiger partial charge is 0.478 e. The molecule has 6 nitrogen and oxygen atoms in total. The second-order valence-electron chi connectivity index (χ2n) is 3.87. The summed E-state index contributed by atoms with van der Waals surface area (Å²) in [5.41, 5.74) is 0.350. The Morgan fingerprint density at radius 3 is 2.79 bits per heavy atom. The Balaban J connectivity index is 2.14. The van der Waals surface area contributed by atoms with E-state index in [0.717, 1.165) is 0 Å². The molecular weight excluding hydrogens is 250 g/mol. The van der Waals surface area contributed by atoms with E-state index in [0.29, 0.717) is 5.56 Å². The minimum absolute atomic E-state index is 0.0740. The summed E-state index contributed by atoms with van der Waals surface area (Å²) in [4.78, 5) is 22.1. The maximum absolute atomic E-state index is 11.7. The summed E-state index contributed by atoms with van der Waals surface area (Å²) in [6.07, 6.45) is 1.38. The predicted octanol–water partition coefficient (Wildman–Crippen LogP) is 2.76. The van der Waals surface area contributed by atoms with Gasteiger partial charge in [-0.25, -0.2) is 0 Å². The highest BCUT2D eigenvalue weighted by molar-refractivity contribution is 5.94. The number of ether oxygens (including phenoxy) is 1. The highest BCUT2D eigenvalue weighted by Crippen LogP contribution is 2.30. The fourth-order valence-corrected chi connectivity index (χ4v) is 1.63. The summed E-state index contributed by atoms with van der Waals surface area (Å²) in [6.45, 7) is 1.30. The van der Waals surface area contributed by atoms with Gasteiger partial charge in [0.1, 0.15) is 0 Å². The Morgan fingerprint density at radius 2 is 2.16 bits per heavy atom. The average Bonchev–Trinajstić information content (AvgIpc) is 2.89.